The molecule has 1 unspecified atom stereocenters. The standard InChI is InChI=1S/C12H16N2O3/c13-11-9(12(14)15)2-1-3-10(11)17-7-8-4-5-16-6-8/h1-3,8H,4-7,13H2,(H2,14,15). The number of benzene rings is 1. The summed E-state index contributed by atoms with van der Waals surface area (Å²) in [6.45, 7) is 2.05. The van der Waals surface area contributed by atoms with E-state index in [1.165, 1.54) is 0 Å². The monoisotopic (exact) mass is 236 g/mol. The number of rotatable bonds is 4. The molecule has 1 aliphatic heterocycles. The van der Waals surface area contributed by atoms with Gasteiger partial charge in [0.1, 0.15) is 5.75 Å². The van der Waals surface area contributed by atoms with Crippen LogP contribution >= 0.6 is 0 Å². The van der Waals surface area contributed by atoms with Gasteiger partial charge in [-0.3, -0.25) is 4.79 Å². The number of anilines is 1. The summed E-state index contributed by atoms with van der Waals surface area (Å²) in [5, 5.41) is 0. The zero-order valence-electron chi connectivity index (χ0n) is 9.52. The molecule has 0 saturated carbocycles. The normalized spacial score (nSPS) is 19.2. The minimum atomic E-state index is -0.544. The molecule has 92 valence electrons. The molecule has 1 aromatic rings. The summed E-state index contributed by atoms with van der Waals surface area (Å²) < 4.78 is 10.9. The van der Waals surface area contributed by atoms with Crippen molar-refractivity contribution in [3.8, 4) is 5.75 Å². The maximum atomic E-state index is 11.1. The molecule has 1 fully saturated rings. The molecule has 0 bridgehead atoms. The molecule has 1 amide bonds. The summed E-state index contributed by atoms with van der Waals surface area (Å²) in [6, 6.07) is 5.03. The predicted octanol–water partition coefficient (Wildman–Crippen LogP) is 0.783. The van der Waals surface area contributed by atoms with Gasteiger partial charge < -0.3 is 20.9 Å². The lowest BCUT2D eigenvalue weighted by Crippen LogP contribution is -2.16. The van der Waals surface area contributed by atoms with Gasteiger partial charge in [-0.05, 0) is 18.6 Å². The maximum Gasteiger partial charge on any atom is 0.250 e. The highest BCUT2D eigenvalue weighted by molar-refractivity contribution is 5.99. The van der Waals surface area contributed by atoms with Gasteiger partial charge in [0.25, 0.3) is 5.91 Å². The molecule has 0 radical (unpaired) electrons. The van der Waals surface area contributed by atoms with Crippen molar-refractivity contribution in [2.24, 2.45) is 11.7 Å². The van der Waals surface area contributed by atoms with Gasteiger partial charge in [0, 0.05) is 12.5 Å². The Labute approximate surface area is 99.7 Å². The summed E-state index contributed by atoms with van der Waals surface area (Å²) in [7, 11) is 0. The van der Waals surface area contributed by atoms with Crippen LogP contribution in [0.25, 0.3) is 0 Å². The Balaban J connectivity index is 2.04. The van der Waals surface area contributed by atoms with E-state index in [1.54, 1.807) is 18.2 Å². The van der Waals surface area contributed by atoms with Gasteiger partial charge in [0.05, 0.1) is 24.5 Å². The smallest absolute Gasteiger partial charge is 0.250 e. The fraction of sp³-hybridized carbons (Fsp3) is 0.417. The average Bonchev–Trinajstić information content (AvgIpc) is 2.80. The van der Waals surface area contributed by atoms with Crippen LogP contribution in [-0.4, -0.2) is 25.7 Å². The largest absolute Gasteiger partial charge is 0.491 e. The first-order valence-corrected chi connectivity index (χ1v) is 5.57. The van der Waals surface area contributed by atoms with Crippen LogP contribution in [0.5, 0.6) is 5.75 Å². The number of para-hydroxylation sites is 1. The molecule has 1 atom stereocenters. The van der Waals surface area contributed by atoms with Crippen LogP contribution in [0.3, 0.4) is 0 Å². The van der Waals surface area contributed by atoms with Crippen LogP contribution in [0.2, 0.25) is 0 Å². The maximum absolute atomic E-state index is 11.1. The van der Waals surface area contributed by atoms with Gasteiger partial charge in [-0.25, -0.2) is 0 Å². The minimum Gasteiger partial charge on any atom is -0.491 e. The summed E-state index contributed by atoms with van der Waals surface area (Å²) in [5.74, 6) is 0.358. The third-order valence-electron chi connectivity index (χ3n) is 2.83. The number of carbonyl (C=O) groups excluding carboxylic acids is 1. The van der Waals surface area contributed by atoms with E-state index >= 15 is 0 Å². The highest BCUT2D eigenvalue weighted by Gasteiger charge is 2.17. The Morgan fingerprint density at radius 1 is 1.53 bits per heavy atom. The van der Waals surface area contributed by atoms with E-state index in [0.717, 1.165) is 19.6 Å². The number of nitrogen functional groups attached to an aromatic ring is 1. The van der Waals surface area contributed by atoms with Gasteiger partial charge in [-0.15, -0.1) is 0 Å². The van der Waals surface area contributed by atoms with Crippen molar-refractivity contribution in [2.75, 3.05) is 25.6 Å². The van der Waals surface area contributed by atoms with Crippen LogP contribution in [0, 0.1) is 5.92 Å². The van der Waals surface area contributed by atoms with E-state index in [0.29, 0.717) is 29.5 Å². The van der Waals surface area contributed by atoms with Gasteiger partial charge in [-0.2, -0.15) is 0 Å². The second-order valence-electron chi connectivity index (χ2n) is 4.12. The molecular formula is C12H16N2O3. The molecule has 1 aromatic carbocycles. The van der Waals surface area contributed by atoms with E-state index in [2.05, 4.69) is 0 Å². The lowest BCUT2D eigenvalue weighted by atomic mass is 10.1. The van der Waals surface area contributed by atoms with Crippen molar-refractivity contribution < 1.29 is 14.3 Å². The second-order valence-corrected chi connectivity index (χ2v) is 4.12. The fourth-order valence-corrected chi connectivity index (χ4v) is 1.81. The topological polar surface area (TPSA) is 87.6 Å². The van der Waals surface area contributed by atoms with E-state index in [4.69, 9.17) is 20.9 Å². The third kappa shape index (κ3) is 2.68. The van der Waals surface area contributed by atoms with Crippen LogP contribution in [0.15, 0.2) is 18.2 Å². The molecule has 0 aliphatic carbocycles. The van der Waals surface area contributed by atoms with E-state index in [1.807, 2.05) is 0 Å². The molecule has 0 aromatic heterocycles. The zero-order chi connectivity index (χ0) is 12.3. The molecule has 0 spiro atoms. The van der Waals surface area contributed by atoms with Crippen molar-refractivity contribution in [1.82, 2.24) is 0 Å². The number of amides is 1. The highest BCUT2D eigenvalue weighted by Crippen LogP contribution is 2.26. The lowest BCUT2D eigenvalue weighted by Gasteiger charge is -2.13. The highest BCUT2D eigenvalue weighted by atomic mass is 16.5. The molecule has 1 heterocycles. The number of hydrogen-bond donors (Lipinski definition) is 2. The van der Waals surface area contributed by atoms with Crippen molar-refractivity contribution >= 4 is 11.6 Å². The average molecular weight is 236 g/mol. The summed E-state index contributed by atoms with van der Waals surface area (Å²) >= 11 is 0. The first kappa shape index (κ1) is 11.7. The van der Waals surface area contributed by atoms with Crippen LogP contribution < -0.4 is 16.2 Å². The van der Waals surface area contributed by atoms with Crippen molar-refractivity contribution in [3.63, 3.8) is 0 Å². The SMILES string of the molecule is NC(=O)c1cccc(OCC2CCOC2)c1N. The first-order valence-electron chi connectivity index (χ1n) is 5.57. The van der Waals surface area contributed by atoms with Gasteiger partial charge in [-0.1, -0.05) is 6.07 Å². The summed E-state index contributed by atoms with van der Waals surface area (Å²) in [5.41, 5.74) is 11.6. The third-order valence-corrected chi connectivity index (χ3v) is 2.83. The Bertz CT molecular complexity index is 414. The number of nitrogens with two attached hydrogens (primary N) is 2. The van der Waals surface area contributed by atoms with Crippen molar-refractivity contribution in [2.45, 2.75) is 6.42 Å². The molecule has 5 nitrogen and oxygen atoms in total. The molecule has 2 rings (SSSR count). The van der Waals surface area contributed by atoms with E-state index < -0.39 is 5.91 Å². The van der Waals surface area contributed by atoms with Crippen LogP contribution in [0.1, 0.15) is 16.8 Å². The Kier molecular flexibility index (Phi) is 3.49. The zero-order valence-corrected chi connectivity index (χ0v) is 9.52. The Morgan fingerprint density at radius 2 is 2.35 bits per heavy atom. The fourth-order valence-electron chi connectivity index (χ4n) is 1.81. The predicted molar refractivity (Wildman–Crippen MR) is 63.8 cm³/mol. The van der Waals surface area contributed by atoms with Gasteiger partial charge >= 0.3 is 0 Å². The number of primary amides is 1. The quantitative estimate of drug-likeness (QED) is 0.756. The lowest BCUT2D eigenvalue weighted by molar-refractivity contribution is 0.100. The number of carbonyl (C=O) groups is 1. The minimum absolute atomic E-state index is 0.296. The molecule has 17 heavy (non-hydrogen) atoms. The molecule has 1 saturated heterocycles. The Morgan fingerprint density at radius 3 is 3.00 bits per heavy atom. The van der Waals surface area contributed by atoms with Gasteiger partial charge in [0.15, 0.2) is 0 Å². The second kappa shape index (κ2) is 5.05. The number of ether oxygens (including phenoxy) is 2. The molecular weight excluding hydrogens is 220 g/mol. The summed E-state index contributed by atoms with van der Waals surface area (Å²) in [4.78, 5) is 11.1. The van der Waals surface area contributed by atoms with E-state index in [9.17, 15) is 4.79 Å². The molecule has 1 aliphatic rings. The van der Waals surface area contributed by atoms with E-state index in [-0.39, 0.29) is 0 Å². The Hall–Kier alpha value is -1.75. The molecule has 5 heteroatoms. The summed E-state index contributed by atoms with van der Waals surface area (Å²) in [6.07, 6.45) is 0.995. The van der Waals surface area contributed by atoms with Crippen LogP contribution in [-0.2, 0) is 4.74 Å². The van der Waals surface area contributed by atoms with Crippen molar-refractivity contribution in [3.05, 3.63) is 23.8 Å². The number of hydrogen-bond acceptors (Lipinski definition) is 4. The van der Waals surface area contributed by atoms with Crippen LogP contribution in [0.4, 0.5) is 5.69 Å². The van der Waals surface area contributed by atoms with Crippen molar-refractivity contribution in [1.29, 1.82) is 0 Å². The van der Waals surface area contributed by atoms with Gasteiger partial charge in [0.2, 0.25) is 0 Å². The molecule has 4 N–H and O–H groups in total. The first-order chi connectivity index (χ1) is 8.18.